The third-order valence-electron chi connectivity index (χ3n) is 6.19. The molecule has 1 atom stereocenters. The molecule has 1 unspecified atom stereocenters. The summed E-state index contributed by atoms with van der Waals surface area (Å²) >= 11 is 0. The maximum atomic E-state index is 13.2. The van der Waals surface area contributed by atoms with Crippen molar-refractivity contribution in [3.63, 3.8) is 0 Å². The summed E-state index contributed by atoms with van der Waals surface area (Å²) in [7, 11) is -3.76. The fraction of sp³-hybridized carbons (Fsp3) is 0.435. The molecule has 0 N–H and O–H groups in total. The Morgan fingerprint density at radius 2 is 1.45 bits per heavy atom. The van der Waals surface area contributed by atoms with Crippen LogP contribution in [0.4, 0.5) is 8.78 Å². The van der Waals surface area contributed by atoms with Crippen LogP contribution >= 0.6 is 12.4 Å². The van der Waals surface area contributed by atoms with Gasteiger partial charge in [0, 0.05) is 45.8 Å². The van der Waals surface area contributed by atoms with Crippen molar-refractivity contribution in [3.05, 3.63) is 65.7 Å². The van der Waals surface area contributed by atoms with Crippen molar-refractivity contribution >= 4 is 28.3 Å². The van der Waals surface area contributed by atoms with Crippen LogP contribution in [-0.2, 0) is 21.4 Å². The topological polar surface area (TPSA) is 60.9 Å². The van der Waals surface area contributed by atoms with E-state index < -0.39 is 15.8 Å². The molecule has 33 heavy (non-hydrogen) atoms. The Labute approximate surface area is 199 Å². The van der Waals surface area contributed by atoms with E-state index in [4.69, 9.17) is 0 Å². The van der Waals surface area contributed by atoms with Crippen molar-refractivity contribution in [2.75, 3.05) is 39.3 Å². The van der Waals surface area contributed by atoms with Gasteiger partial charge >= 0.3 is 0 Å². The molecular formula is C23H28ClF2N3O3S. The molecule has 180 valence electrons. The highest BCUT2D eigenvalue weighted by Gasteiger charge is 2.35. The van der Waals surface area contributed by atoms with Gasteiger partial charge in [0.25, 0.3) is 0 Å². The summed E-state index contributed by atoms with van der Waals surface area (Å²) in [6, 6.07) is 11.2. The molecule has 0 aliphatic carbocycles. The number of hydrogen-bond acceptors (Lipinski definition) is 4. The lowest BCUT2D eigenvalue weighted by molar-refractivity contribution is -0.138. The number of carbonyl (C=O) groups excluding carboxylic acids is 1. The maximum Gasteiger partial charge on any atom is 0.243 e. The zero-order valence-electron chi connectivity index (χ0n) is 18.2. The van der Waals surface area contributed by atoms with E-state index in [0.717, 1.165) is 17.7 Å². The van der Waals surface area contributed by atoms with Crippen LogP contribution in [0.3, 0.4) is 0 Å². The van der Waals surface area contributed by atoms with E-state index in [2.05, 4.69) is 4.90 Å². The number of piperidine rings is 1. The molecule has 2 aliphatic heterocycles. The van der Waals surface area contributed by atoms with Gasteiger partial charge in [0.15, 0.2) is 0 Å². The summed E-state index contributed by atoms with van der Waals surface area (Å²) < 4.78 is 53.5. The SMILES string of the molecule is Cl.O=C(C1CCCN(S(=O)(=O)c2ccc(F)cc2)C1)N1CCN(Cc2ccc(F)cc2)CC1. The molecule has 4 rings (SSSR count). The number of benzene rings is 2. The van der Waals surface area contributed by atoms with Crippen LogP contribution in [0.2, 0.25) is 0 Å². The van der Waals surface area contributed by atoms with Gasteiger partial charge in [-0.3, -0.25) is 9.69 Å². The van der Waals surface area contributed by atoms with Gasteiger partial charge in [-0.1, -0.05) is 12.1 Å². The van der Waals surface area contributed by atoms with Gasteiger partial charge in [-0.05, 0) is 54.8 Å². The lowest BCUT2D eigenvalue weighted by Crippen LogP contribution is -2.52. The maximum absolute atomic E-state index is 13.2. The average Bonchev–Trinajstić information content (AvgIpc) is 2.81. The molecule has 2 fully saturated rings. The summed E-state index contributed by atoms with van der Waals surface area (Å²) in [6.07, 6.45) is 1.27. The number of piperazine rings is 1. The number of halogens is 3. The molecule has 0 saturated carbocycles. The smallest absolute Gasteiger partial charge is 0.243 e. The van der Waals surface area contributed by atoms with Gasteiger partial charge in [-0.25, -0.2) is 17.2 Å². The second-order valence-corrected chi connectivity index (χ2v) is 10.3. The minimum absolute atomic E-state index is 0. The highest BCUT2D eigenvalue weighted by Crippen LogP contribution is 2.25. The summed E-state index contributed by atoms with van der Waals surface area (Å²) in [6.45, 7) is 3.81. The first-order valence-electron chi connectivity index (χ1n) is 10.8. The van der Waals surface area contributed by atoms with Crippen LogP contribution in [-0.4, -0.2) is 67.7 Å². The lowest BCUT2D eigenvalue weighted by Gasteiger charge is -2.38. The molecule has 0 radical (unpaired) electrons. The van der Waals surface area contributed by atoms with Crippen LogP contribution in [0.5, 0.6) is 0 Å². The third kappa shape index (κ3) is 6.09. The molecule has 0 aromatic heterocycles. The Morgan fingerprint density at radius 3 is 2.06 bits per heavy atom. The minimum Gasteiger partial charge on any atom is -0.340 e. The first-order valence-corrected chi connectivity index (χ1v) is 12.3. The van der Waals surface area contributed by atoms with E-state index in [1.807, 2.05) is 4.90 Å². The van der Waals surface area contributed by atoms with Crippen molar-refractivity contribution < 1.29 is 22.0 Å². The molecule has 10 heteroatoms. The van der Waals surface area contributed by atoms with E-state index in [0.29, 0.717) is 52.1 Å². The van der Waals surface area contributed by atoms with Crippen molar-refractivity contribution in [2.45, 2.75) is 24.3 Å². The molecule has 2 aromatic carbocycles. The molecule has 6 nitrogen and oxygen atoms in total. The van der Waals surface area contributed by atoms with Crippen LogP contribution in [0.25, 0.3) is 0 Å². The van der Waals surface area contributed by atoms with Crippen LogP contribution in [0.15, 0.2) is 53.4 Å². The number of amides is 1. The monoisotopic (exact) mass is 499 g/mol. The van der Waals surface area contributed by atoms with Gasteiger partial charge in [0.1, 0.15) is 11.6 Å². The van der Waals surface area contributed by atoms with Crippen LogP contribution < -0.4 is 0 Å². The van der Waals surface area contributed by atoms with E-state index in [1.54, 1.807) is 12.1 Å². The average molecular weight is 500 g/mol. The fourth-order valence-electron chi connectivity index (χ4n) is 4.35. The Morgan fingerprint density at radius 1 is 0.879 bits per heavy atom. The van der Waals surface area contributed by atoms with Crippen molar-refractivity contribution in [3.8, 4) is 0 Å². The second kappa shape index (κ2) is 10.9. The molecule has 2 saturated heterocycles. The van der Waals surface area contributed by atoms with E-state index >= 15 is 0 Å². The minimum atomic E-state index is -3.76. The number of sulfonamides is 1. The van der Waals surface area contributed by atoms with Crippen molar-refractivity contribution in [2.24, 2.45) is 5.92 Å². The van der Waals surface area contributed by atoms with Crippen molar-refractivity contribution in [1.29, 1.82) is 0 Å². The second-order valence-electron chi connectivity index (χ2n) is 8.38. The van der Waals surface area contributed by atoms with Gasteiger partial charge in [-0.2, -0.15) is 4.31 Å². The zero-order chi connectivity index (χ0) is 22.7. The van der Waals surface area contributed by atoms with Gasteiger partial charge in [0.05, 0.1) is 10.8 Å². The number of nitrogens with zero attached hydrogens (tertiary/aromatic N) is 3. The molecule has 2 heterocycles. The van der Waals surface area contributed by atoms with Crippen LogP contribution in [0.1, 0.15) is 18.4 Å². The molecular weight excluding hydrogens is 472 g/mol. The largest absolute Gasteiger partial charge is 0.340 e. The normalized spacial score (nSPS) is 20.3. The van der Waals surface area contributed by atoms with E-state index in [9.17, 15) is 22.0 Å². The quantitative estimate of drug-likeness (QED) is 0.634. The first-order chi connectivity index (χ1) is 15.3. The summed E-state index contributed by atoms with van der Waals surface area (Å²) in [5, 5.41) is 0. The van der Waals surface area contributed by atoms with Gasteiger partial charge in [-0.15, -0.1) is 12.4 Å². The van der Waals surface area contributed by atoms with Gasteiger partial charge < -0.3 is 4.90 Å². The van der Waals surface area contributed by atoms with Gasteiger partial charge in [0.2, 0.25) is 15.9 Å². The highest BCUT2D eigenvalue weighted by molar-refractivity contribution is 7.89. The third-order valence-corrected chi connectivity index (χ3v) is 8.07. The molecule has 2 aromatic rings. The summed E-state index contributed by atoms with van der Waals surface area (Å²) in [5.41, 5.74) is 1.03. The number of rotatable bonds is 5. The molecule has 1 amide bonds. The first kappa shape index (κ1) is 25.6. The predicted molar refractivity (Wildman–Crippen MR) is 123 cm³/mol. The van der Waals surface area contributed by atoms with Crippen molar-refractivity contribution in [1.82, 2.24) is 14.1 Å². The zero-order valence-corrected chi connectivity index (χ0v) is 19.8. The fourth-order valence-corrected chi connectivity index (χ4v) is 5.87. The highest BCUT2D eigenvalue weighted by atomic mass is 35.5. The molecule has 0 bridgehead atoms. The van der Waals surface area contributed by atoms with Crippen LogP contribution in [0, 0.1) is 17.6 Å². The van der Waals surface area contributed by atoms with E-state index in [-0.39, 0.29) is 41.5 Å². The van der Waals surface area contributed by atoms with E-state index in [1.165, 1.54) is 28.6 Å². The number of carbonyl (C=O) groups is 1. The Hall–Kier alpha value is -2.07. The Balaban J connectivity index is 0.00000306. The molecule has 0 spiro atoms. The summed E-state index contributed by atoms with van der Waals surface area (Å²) in [4.78, 5) is 17.2. The summed E-state index contributed by atoms with van der Waals surface area (Å²) in [5.74, 6) is -1.13. The Bertz CT molecular complexity index is 1040. The number of hydrogen-bond donors (Lipinski definition) is 0. The lowest BCUT2D eigenvalue weighted by atomic mass is 9.97. The predicted octanol–water partition coefficient (Wildman–Crippen LogP) is 3.13. The molecule has 2 aliphatic rings. The Kier molecular flexibility index (Phi) is 8.44. The standard InChI is InChI=1S/C23H27F2N3O3S.ClH/c24-20-5-3-18(4-6-20)16-26-12-14-27(15-13-26)23(29)19-2-1-11-28(17-19)32(30,31)22-9-7-21(25)8-10-22;/h3-10,19H,1-2,11-17H2;1H.